The number of nitrogens with zero attached hydrogens (tertiary/aromatic N) is 1. The van der Waals surface area contributed by atoms with E-state index in [1.54, 1.807) is 0 Å². The summed E-state index contributed by atoms with van der Waals surface area (Å²) >= 11 is 0. The number of para-hydroxylation sites is 2. The minimum absolute atomic E-state index is 0.178. The fourth-order valence-corrected chi connectivity index (χ4v) is 5.36. The Bertz CT molecular complexity index is 1820. The molecule has 3 aromatic carbocycles. The number of fused-ring (bicyclic) bond motifs is 6. The number of aryl methyl sites for hydroxylation is 1. The third-order valence-corrected chi connectivity index (χ3v) is 7.01. The van der Waals surface area contributed by atoms with Gasteiger partial charge in [-0.25, -0.2) is 0 Å². The monoisotopic (exact) mass is 435 g/mol. The summed E-state index contributed by atoms with van der Waals surface area (Å²) in [6.07, 6.45) is 5.69. The molecule has 3 aromatic heterocycles. The molecular formula is C30H25NO2. The molecule has 0 spiro atoms. The van der Waals surface area contributed by atoms with Gasteiger partial charge in [-0.15, -0.1) is 0 Å². The van der Waals surface area contributed by atoms with Crippen molar-refractivity contribution in [2.24, 2.45) is 0 Å². The number of rotatable bonds is 2. The molecule has 1 aliphatic rings. The van der Waals surface area contributed by atoms with E-state index < -0.39 is 12.7 Å². The molecule has 0 bridgehead atoms. The van der Waals surface area contributed by atoms with Crippen LogP contribution < -0.4 is 0 Å². The summed E-state index contributed by atoms with van der Waals surface area (Å²) in [5.41, 5.74) is 5.24. The zero-order valence-electron chi connectivity index (χ0n) is 22.2. The second kappa shape index (κ2) is 7.21. The predicted molar refractivity (Wildman–Crippen MR) is 135 cm³/mol. The molecule has 162 valence electrons. The van der Waals surface area contributed by atoms with E-state index in [9.17, 15) is 1.37 Å². The van der Waals surface area contributed by atoms with Gasteiger partial charge in [0.15, 0.2) is 0 Å². The average Bonchev–Trinajstić information content (AvgIpc) is 3.44. The van der Waals surface area contributed by atoms with Gasteiger partial charge in [-0.05, 0) is 67.0 Å². The van der Waals surface area contributed by atoms with Gasteiger partial charge in [0.25, 0.3) is 0 Å². The Kier molecular flexibility index (Phi) is 3.34. The molecule has 0 atom stereocenters. The fraction of sp³-hybridized carbons (Fsp3) is 0.233. The highest BCUT2D eigenvalue weighted by Gasteiger charge is 2.20. The number of hydrogen-bond acceptors (Lipinski definition) is 3. The van der Waals surface area contributed by atoms with Gasteiger partial charge >= 0.3 is 0 Å². The predicted octanol–water partition coefficient (Wildman–Crippen LogP) is 8.90. The van der Waals surface area contributed by atoms with E-state index >= 15 is 0 Å². The molecule has 33 heavy (non-hydrogen) atoms. The van der Waals surface area contributed by atoms with E-state index in [1.165, 1.54) is 6.20 Å². The van der Waals surface area contributed by atoms with Crippen molar-refractivity contribution in [1.29, 1.82) is 0 Å². The lowest BCUT2D eigenvalue weighted by molar-refractivity contribution is 0.442. The Balaban J connectivity index is 1.45. The normalized spacial score (nSPS) is 18.4. The molecular weight excluding hydrogens is 406 g/mol. The van der Waals surface area contributed by atoms with Crippen molar-refractivity contribution in [1.82, 2.24) is 4.98 Å². The highest BCUT2D eigenvalue weighted by molar-refractivity contribution is 6.16. The zero-order valence-corrected chi connectivity index (χ0v) is 18.2. The quantitative estimate of drug-likeness (QED) is 0.272. The second-order valence-corrected chi connectivity index (χ2v) is 9.01. The van der Waals surface area contributed by atoms with Crippen LogP contribution in [0, 0.1) is 6.85 Å². The van der Waals surface area contributed by atoms with E-state index in [4.69, 9.17) is 12.9 Å². The SMILES string of the molecule is [2H]C([2H])([2H])c1cnc(-c2cccc3c2oc2cc4c(cc23)oc2ccccc24)cc1C1([2H])CCCCC1. The van der Waals surface area contributed by atoms with Crippen molar-refractivity contribution in [3.63, 3.8) is 0 Å². The van der Waals surface area contributed by atoms with Gasteiger partial charge in [0.05, 0.1) is 5.69 Å². The van der Waals surface area contributed by atoms with E-state index in [2.05, 4.69) is 4.98 Å². The first-order valence-corrected chi connectivity index (χ1v) is 11.6. The molecule has 3 heterocycles. The standard InChI is InChI=1S/C30H25NO2/c1-18-17-31-26(14-23(18)19-8-3-2-4-9-19)22-12-7-11-21-25-16-28-24(15-29(25)33-30(21)22)20-10-5-6-13-27(20)32-28/h5-7,10-17,19H,2-4,8-9H2,1H3/i1D3,19D. The zero-order chi connectivity index (χ0) is 25.4. The first-order chi connectivity index (χ1) is 17.8. The molecule has 1 aliphatic carbocycles. The Morgan fingerprint density at radius 2 is 1.61 bits per heavy atom. The van der Waals surface area contributed by atoms with Crippen LogP contribution in [0.4, 0.5) is 0 Å². The van der Waals surface area contributed by atoms with Gasteiger partial charge < -0.3 is 8.83 Å². The lowest BCUT2D eigenvalue weighted by atomic mass is 9.82. The van der Waals surface area contributed by atoms with Gasteiger partial charge in [-0.3, -0.25) is 4.98 Å². The third kappa shape index (κ3) is 2.92. The molecule has 7 rings (SSSR count). The van der Waals surface area contributed by atoms with Crippen LogP contribution in [0.5, 0.6) is 0 Å². The summed E-state index contributed by atoms with van der Waals surface area (Å²) in [5, 5.41) is 3.93. The number of benzene rings is 3. The van der Waals surface area contributed by atoms with Crippen LogP contribution >= 0.6 is 0 Å². The van der Waals surface area contributed by atoms with Gasteiger partial charge in [0.2, 0.25) is 0 Å². The number of pyridine rings is 1. The molecule has 0 unspecified atom stereocenters. The smallest absolute Gasteiger partial charge is 0.144 e. The maximum atomic E-state index is 9.21. The van der Waals surface area contributed by atoms with Crippen molar-refractivity contribution in [3.05, 3.63) is 78.0 Å². The van der Waals surface area contributed by atoms with Crippen LogP contribution in [0.1, 0.15) is 54.6 Å². The summed E-state index contributed by atoms with van der Waals surface area (Å²) in [7, 11) is 0. The van der Waals surface area contributed by atoms with Crippen LogP contribution in [-0.4, -0.2) is 4.98 Å². The maximum absolute atomic E-state index is 9.21. The van der Waals surface area contributed by atoms with E-state index in [1.807, 2.05) is 60.7 Å². The lowest BCUT2D eigenvalue weighted by Gasteiger charge is -2.24. The van der Waals surface area contributed by atoms with Crippen molar-refractivity contribution in [2.75, 3.05) is 0 Å². The van der Waals surface area contributed by atoms with Crippen molar-refractivity contribution in [3.8, 4) is 11.3 Å². The Morgan fingerprint density at radius 3 is 2.48 bits per heavy atom. The highest BCUT2D eigenvalue weighted by Crippen LogP contribution is 2.41. The molecule has 3 nitrogen and oxygen atoms in total. The van der Waals surface area contributed by atoms with Crippen LogP contribution in [0.3, 0.4) is 0 Å². The summed E-state index contributed by atoms with van der Waals surface area (Å²) in [5.74, 6) is -0.924. The van der Waals surface area contributed by atoms with E-state index in [-0.39, 0.29) is 5.56 Å². The van der Waals surface area contributed by atoms with Crippen LogP contribution in [0.15, 0.2) is 75.7 Å². The number of hydrogen-bond donors (Lipinski definition) is 0. The summed E-state index contributed by atoms with van der Waals surface area (Å²) in [4.78, 5) is 4.59. The molecule has 0 N–H and O–H groups in total. The Hall–Kier alpha value is -3.59. The summed E-state index contributed by atoms with van der Waals surface area (Å²) in [6, 6.07) is 19.8. The first kappa shape index (κ1) is 15.3. The van der Waals surface area contributed by atoms with Gasteiger partial charge in [-0.2, -0.15) is 0 Å². The second-order valence-electron chi connectivity index (χ2n) is 9.01. The molecule has 1 fully saturated rings. The molecule has 0 saturated heterocycles. The maximum Gasteiger partial charge on any atom is 0.144 e. The first-order valence-electron chi connectivity index (χ1n) is 13.6. The lowest BCUT2D eigenvalue weighted by Crippen LogP contribution is -2.07. The molecule has 0 radical (unpaired) electrons. The van der Waals surface area contributed by atoms with Crippen molar-refractivity contribution in [2.45, 2.75) is 44.8 Å². The van der Waals surface area contributed by atoms with E-state index in [0.717, 1.165) is 63.1 Å². The molecule has 3 heteroatoms. The van der Waals surface area contributed by atoms with Crippen LogP contribution in [-0.2, 0) is 0 Å². The minimum Gasteiger partial charge on any atom is -0.456 e. The van der Waals surface area contributed by atoms with Gasteiger partial charge in [-0.1, -0.05) is 49.6 Å². The van der Waals surface area contributed by atoms with Crippen LogP contribution in [0.25, 0.3) is 55.1 Å². The highest BCUT2D eigenvalue weighted by atomic mass is 16.3. The third-order valence-electron chi connectivity index (χ3n) is 7.01. The molecule has 0 amide bonds. The van der Waals surface area contributed by atoms with Crippen LogP contribution in [0.2, 0.25) is 0 Å². The molecule has 0 aliphatic heterocycles. The van der Waals surface area contributed by atoms with Gasteiger partial charge in [0, 0.05) is 38.8 Å². The summed E-state index contributed by atoms with van der Waals surface area (Å²) < 4.78 is 46.0. The Morgan fingerprint density at radius 1 is 0.818 bits per heavy atom. The average molecular weight is 436 g/mol. The fourth-order valence-electron chi connectivity index (χ4n) is 5.36. The van der Waals surface area contributed by atoms with Crippen molar-refractivity contribution < 1.29 is 14.3 Å². The molecule has 1 saturated carbocycles. The van der Waals surface area contributed by atoms with Crippen molar-refractivity contribution >= 4 is 43.9 Å². The topological polar surface area (TPSA) is 39.2 Å². The molecule has 6 aromatic rings. The Labute approximate surface area is 197 Å². The van der Waals surface area contributed by atoms with Gasteiger partial charge in [0.1, 0.15) is 22.3 Å². The largest absolute Gasteiger partial charge is 0.456 e. The summed E-state index contributed by atoms with van der Waals surface area (Å²) in [6.45, 7) is -2.32. The minimum atomic E-state index is -2.32. The number of aromatic nitrogens is 1. The van der Waals surface area contributed by atoms with E-state index in [0.29, 0.717) is 29.7 Å². The number of furan rings is 2.